The first-order chi connectivity index (χ1) is 10.2. The van der Waals surface area contributed by atoms with Crippen LogP contribution in [0.1, 0.15) is 36.5 Å². The summed E-state index contributed by atoms with van der Waals surface area (Å²) in [5.41, 5.74) is 0.625. The smallest absolute Gasteiger partial charge is 0.255 e. The average molecular weight is 288 g/mol. The van der Waals surface area contributed by atoms with Crippen molar-refractivity contribution in [2.45, 2.75) is 32.2 Å². The number of hydrogen-bond acceptors (Lipinski definition) is 4. The fourth-order valence-corrected chi connectivity index (χ4v) is 2.37. The zero-order valence-electron chi connectivity index (χ0n) is 12.0. The molecular formula is C16H20N2O3. The van der Waals surface area contributed by atoms with Gasteiger partial charge in [0.1, 0.15) is 5.52 Å². The second-order valence-corrected chi connectivity index (χ2v) is 5.01. The second-order valence-electron chi connectivity index (χ2n) is 5.01. The van der Waals surface area contributed by atoms with Crippen molar-refractivity contribution in [2.75, 3.05) is 6.61 Å². The molecule has 0 aliphatic rings. The minimum absolute atomic E-state index is 0.0240. The standard InChI is InChI=1S/C16H20N2O3/c1-2-4-12(8-10-19)18-16(21)13-7-6-11-5-3-9-17-14(11)15(13)20/h3,5-7,9,12,19-20H,2,4,8,10H2,1H3,(H,18,21). The molecule has 0 aliphatic carbocycles. The number of nitrogens with zero attached hydrogens (tertiary/aromatic N) is 1. The number of pyridine rings is 1. The molecule has 21 heavy (non-hydrogen) atoms. The summed E-state index contributed by atoms with van der Waals surface area (Å²) >= 11 is 0. The highest BCUT2D eigenvalue weighted by Crippen LogP contribution is 2.26. The highest BCUT2D eigenvalue weighted by Gasteiger charge is 2.17. The number of amides is 1. The Bertz CT molecular complexity index is 622. The molecule has 1 unspecified atom stereocenters. The molecule has 1 amide bonds. The minimum Gasteiger partial charge on any atom is -0.505 e. The second kappa shape index (κ2) is 7.04. The van der Waals surface area contributed by atoms with E-state index in [1.807, 2.05) is 13.0 Å². The van der Waals surface area contributed by atoms with Gasteiger partial charge in [0.05, 0.1) is 5.56 Å². The minimum atomic E-state index is -0.341. The number of carbonyl (C=O) groups is 1. The monoisotopic (exact) mass is 288 g/mol. The lowest BCUT2D eigenvalue weighted by Gasteiger charge is -2.17. The van der Waals surface area contributed by atoms with Crippen molar-refractivity contribution in [3.63, 3.8) is 0 Å². The lowest BCUT2D eigenvalue weighted by atomic mass is 10.1. The topological polar surface area (TPSA) is 82.5 Å². The van der Waals surface area contributed by atoms with Gasteiger partial charge in [-0.3, -0.25) is 9.78 Å². The van der Waals surface area contributed by atoms with E-state index < -0.39 is 0 Å². The summed E-state index contributed by atoms with van der Waals surface area (Å²) in [6.45, 7) is 2.05. The van der Waals surface area contributed by atoms with Crippen LogP contribution in [-0.2, 0) is 0 Å². The van der Waals surface area contributed by atoms with Crippen LogP contribution in [0.2, 0.25) is 0 Å². The van der Waals surface area contributed by atoms with Gasteiger partial charge in [-0.25, -0.2) is 0 Å². The van der Waals surface area contributed by atoms with Gasteiger partial charge >= 0.3 is 0 Å². The van der Waals surface area contributed by atoms with Gasteiger partial charge in [0, 0.05) is 24.2 Å². The van der Waals surface area contributed by atoms with E-state index in [9.17, 15) is 9.90 Å². The summed E-state index contributed by atoms with van der Waals surface area (Å²) in [6, 6.07) is 6.87. The lowest BCUT2D eigenvalue weighted by molar-refractivity contribution is 0.0925. The van der Waals surface area contributed by atoms with Gasteiger partial charge in [0.25, 0.3) is 5.91 Å². The first kappa shape index (κ1) is 15.3. The first-order valence-corrected chi connectivity index (χ1v) is 7.15. The Morgan fingerprint density at radius 1 is 1.33 bits per heavy atom. The van der Waals surface area contributed by atoms with E-state index in [4.69, 9.17) is 5.11 Å². The molecule has 5 heteroatoms. The Morgan fingerprint density at radius 3 is 2.86 bits per heavy atom. The Kier molecular flexibility index (Phi) is 5.11. The van der Waals surface area contributed by atoms with E-state index in [0.717, 1.165) is 18.2 Å². The van der Waals surface area contributed by atoms with Crippen LogP contribution in [0.25, 0.3) is 10.9 Å². The maximum atomic E-state index is 12.3. The third-order valence-corrected chi connectivity index (χ3v) is 3.44. The summed E-state index contributed by atoms with van der Waals surface area (Å²) in [4.78, 5) is 16.4. The molecule has 0 saturated heterocycles. The summed E-state index contributed by atoms with van der Waals surface area (Å²) in [5, 5.41) is 22.9. The van der Waals surface area contributed by atoms with Gasteiger partial charge in [-0.2, -0.15) is 0 Å². The van der Waals surface area contributed by atoms with Crippen LogP contribution in [0.3, 0.4) is 0 Å². The Morgan fingerprint density at radius 2 is 2.14 bits per heavy atom. The third kappa shape index (κ3) is 3.49. The number of carbonyl (C=O) groups excluding carboxylic acids is 1. The van der Waals surface area contributed by atoms with Crippen LogP contribution in [0.15, 0.2) is 30.5 Å². The molecule has 3 N–H and O–H groups in total. The van der Waals surface area contributed by atoms with Gasteiger partial charge in [-0.05, 0) is 25.0 Å². The van der Waals surface area contributed by atoms with Crippen LogP contribution in [0.5, 0.6) is 5.75 Å². The molecule has 0 aliphatic heterocycles. The van der Waals surface area contributed by atoms with Crippen LogP contribution in [-0.4, -0.2) is 33.8 Å². The van der Waals surface area contributed by atoms with E-state index in [2.05, 4.69) is 10.3 Å². The van der Waals surface area contributed by atoms with Crippen LogP contribution in [0.4, 0.5) is 0 Å². The number of phenolic OH excluding ortho intramolecular Hbond substituents is 1. The predicted molar refractivity (Wildman–Crippen MR) is 81.3 cm³/mol. The Hall–Kier alpha value is -2.14. The average Bonchev–Trinajstić information content (AvgIpc) is 2.48. The van der Waals surface area contributed by atoms with Gasteiger partial charge < -0.3 is 15.5 Å². The van der Waals surface area contributed by atoms with Crippen LogP contribution in [0, 0.1) is 0 Å². The maximum Gasteiger partial charge on any atom is 0.255 e. The van der Waals surface area contributed by atoms with Crippen molar-refractivity contribution in [2.24, 2.45) is 0 Å². The van der Waals surface area contributed by atoms with E-state index in [0.29, 0.717) is 11.9 Å². The normalized spacial score (nSPS) is 12.3. The highest BCUT2D eigenvalue weighted by molar-refractivity contribution is 6.02. The largest absolute Gasteiger partial charge is 0.505 e. The van der Waals surface area contributed by atoms with Gasteiger partial charge in [0.15, 0.2) is 5.75 Å². The Balaban J connectivity index is 2.24. The quantitative estimate of drug-likeness (QED) is 0.761. The number of phenols is 1. The number of fused-ring (bicyclic) bond motifs is 1. The summed E-state index contributed by atoms with van der Waals surface area (Å²) in [5.74, 6) is -0.447. The van der Waals surface area contributed by atoms with Crippen molar-refractivity contribution in [1.29, 1.82) is 0 Å². The molecule has 0 saturated carbocycles. The number of aromatic hydroxyl groups is 1. The fourth-order valence-electron chi connectivity index (χ4n) is 2.37. The number of aliphatic hydroxyl groups excluding tert-OH is 1. The molecule has 112 valence electrons. The number of rotatable bonds is 6. The molecule has 0 bridgehead atoms. The van der Waals surface area contributed by atoms with Crippen molar-refractivity contribution in [3.8, 4) is 5.75 Å². The molecule has 2 rings (SSSR count). The zero-order chi connectivity index (χ0) is 15.2. The zero-order valence-corrected chi connectivity index (χ0v) is 12.0. The number of hydrogen-bond donors (Lipinski definition) is 3. The molecule has 1 atom stereocenters. The van der Waals surface area contributed by atoms with E-state index in [1.165, 1.54) is 0 Å². The molecule has 0 spiro atoms. The number of aromatic nitrogens is 1. The number of nitrogens with one attached hydrogen (secondary N) is 1. The fraction of sp³-hybridized carbons (Fsp3) is 0.375. The van der Waals surface area contributed by atoms with Crippen molar-refractivity contribution in [3.05, 3.63) is 36.0 Å². The van der Waals surface area contributed by atoms with E-state index >= 15 is 0 Å². The molecule has 2 aromatic rings. The predicted octanol–water partition coefficient (Wildman–Crippen LogP) is 2.22. The molecule has 1 aromatic heterocycles. The Labute approximate surface area is 123 Å². The van der Waals surface area contributed by atoms with E-state index in [1.54, 1.807) is 24.4 Å². The maximum absolute atomic E-state index is 12.3. The molecule has 1 heterocycles. The molecule has 0 fully saturated rings. The van der Waals surface area contributed by atoms with Gasteiger partial charge in [-0.1, -0.05) is 25.5 Å². The van der Waals surface area contributed by atoms with Crippen molar-refractivity contribution >= 4 is 16.8 Å². The van der Waals surface area contributed by atoms with Crippen molar-refractivity contribution in [1.82, 2.24) is 10.3 Å². The summed E-state index contributed by atoms with van der Waals surface area (Å²) in [6.07, 6.45) is 3.79. The number of aliphatic hydroxyl groups is 1. The van der Waals surface area contributed by atoms with Gasteiger partial charge in [-0.15, -0.1) is 0 Å². The highest BCUT2D eigenvalue weighted by atomic mass is 16.3. The molecule has 0 radical (unpaired) electrons. The molecule has 1 aromatic carbocycles. The SMILES string of the molecule is CCCC(CCO)NC(=O)c1ccc2cccnc2c1O. The van der Waals surface area contributed by atoms with Gasteiger partial charge in [0.2, 0.25) is 0 Å². The van der Waals surface area contributed by atoms with Crippen LogP contribution >= 0.6 is 0 Å². The van der Waals surface area contributed by atoms with Crippen molar-refractivity contribution < 1.29 is 15.0 Å². The third-order valence-electron chi connectivity index (χ3n) is 3.44. The summed E-state index contributed by atoms with van der Waals surface area (Å²) < 4.78 is 0. The lowest BCUT2D eigenvalue weighted by Crippen LogP contribution is -2.35. The molecular weight excluding hydrogens is 268 g/mol. The summed E-state index contributed by atoms with van der Waals surface area (Å²) in [7, 11) is 0. The first-order valence-electron chi connectivity index (χ1n) is 7.15. The number of benzene rings is 1. The van der Waals surface area contributed by atoms with E-state index in [-0.39, 0.29) is 29.9 Å². The van der Waals surface area contributed by atoms with Crippen LogP contribution < -0.4 is 5.32 Å². The molecule has 5 nitrogen and oxygen atoms in total.